The zero-order valence-corrected chi connectivity index (χ0v) is 19.3. The van der Waals surface area contributed by atoms with Gasteiger partial charge in [0.1, 0.15) is 11.4 Å². The van der Waals surface area contributed by atoms with Gasteiger partial charge in [0.2, 0.25) is 0 Å². The molecule has 2 aliphatic rings. The van der Waals surface area contributed by atoms with Crippen LogP contribution < -0.4 is 4.74 Å². The van der Waals surface area contributed by atoms with Crippen LogP contribution in [0.5, 0.6) is 5.75 Å². The Bertz CT molecular complexity index is 921. The molecule has 4 heteroatoms. The number of hydrogen-bond acceptors (Lipinski definition) is 3. The Morgan fingerprint density at radius 1 is 1.10 bits per heavy atom. The lowest BCUT2D eigenvalue weighted by Crippen LogP contribution is -2.31. The summed E-state index contributed by atoms with van der Waals surface area (Å²) < 4.78 is 6.42. The number of hydrogen-bond donors (Lipinski definition) is 1. The number of carbonyl (C=O) groups is 1. The van der Waals surface area contributed by atoms with Crippen molar-refractivity contribution in [3.05, 3.63) is 35.7 Å². The minimum Gasteiger partial charge on any atom is -0.490 e. The van der Waals surface area contributed by atoms with Crippen LogP contribution in [0.2, 0.25) is 0 Å². The monoisotopic (exact) mass is 423 g/mol. The van der Waals surface area contributed by atoms with Crippen molar-refractivity contribution >= 4 is 16.7 Å². The zero-order chi connectivity index (χ0) is 22.0. The number of carboxylic acids is 1. The molecule has 0 radical (unpaired) electrons. The number of fused-ring (bicyclic) bond motifs is 1. The fourth-order valence-corrected chi connectivity index (χ4v) is 5.57. The van der Waals surface area contributed by atoms with Crippen molar-refractivity contribution in [3.63, 3.8) is 0 Å². The fourth-order valence-electron chi connectivity index (χ4n) is 5.57. The van der Waals surface area contributed by atoms with E-state index in [1.807, 2.05) is 12.1 Å². The first kappa shape index (κ1) is 22.1. The van der Waals surface area contributed by atoms with Gasteiger partial charge < -0.3 is 9.84 Å². The van der Waals surface area contributed by atoms with Crippen molar-refractivity contribution in [1.29, 1.82) is 0 Å². The third-order valence-electron chi connectivity index (χ3n) is 8.05. The molecule has 4 nitrogen and oxygen atoms in total. The molecule has 0 atom stereocenters. The molecule has 2 aliphatic carbocycles. The average molecular weight is 424 g/mol. The molecule has 1 aromatic carbocycles. The van der Waals surface area contributed by atoms with Crippen LogP contribution in [0.4, 0.5) is 0 Å². The van der Waals surface area contributed by atoms with Crippen LogP contribution in [0.25, 0.3) is 10.8 Å². The number of aromatic nitrogens is 1. The van der Waals surface area contributed by atoms with Crippen LogP contribution in [-0.2, 0) is 6.42 Å². The van der Waals surface area contributed by atoms with Crippen LogP contribution in [0.15, 0.2) is 24.3 Å². The Morgan fingerprint density at radius 3 is 2.45 bits per heavy atom. The third kappa shape index (κ3) is 5.05. The van der Waals surface area contributed by atoms with Gasteiger partial charge in [0.05, 0.1) is 6.10 Å². The van der Waals surface area contributed by atoms with Crippen molar-refractivity contribution in [2.75, 3.05) is 0 Å². The molecule has 1 N–H and O–H groups in total. The molecule has 31 heavy (non-hydrogen) atoms. The molecule has 0 saturated heterocycles. The largest absolute Gasteiger partial charge is 0.490 e. The van der Waals surface area contributed by atoms with Gasteiger partial charge in [-0.25, -0.2) is 9.78 Å². The second-order valence-electron chi connectivity index (χ2n) is 10.4. The summed E-state index contributed by atoms with van der Waals surface area (Å²) in [6.07, 6.45) is 12.0. The van der Waals surface area contributed by atoms with E-state index in [1.54, 1.807) is 6.07 Å². The summed E-state index contributed by atoms with van der Waals surface area (Å²) in [5.74, 6) is 1.33. The number of nitrogens with zero attached hydrogens (tertiary/aromatic N) is 1. The van der Waals surface area contributed by atoms with Crippen molar-refractivity contribution in [2.45, 2.75) is 91.1 Å². The van der Waals surface area contributed by atoms with E-state index >= 15 is 0 Å². The minimum absolute atomic E-state index is 0.144. The highest BCUT2D eigenvalue weighted by molar-refractivity contribution is 5.94. The Labute approximate surface area is 186 Å². The maximum atomic E-state index is 11.6. The first-order valence-electron chi connectivity index (χ1n) is 12.2. The molecular weight excluding hydrogens is 386 g/mol. The molecule has 0 spiro atoms. The van der Waals surface area contributed by atoms with E-state index in [2.05, 4.69) is 31.8 Å². The SMILES string of the molecule is CCC(C)(C)[C@H]1CC[C@H](Oc2ccc3cc(C(=O)O)nc(CC4CCCC4)c3c2)CC1. The second kappa shape index (κ2) is 9.18. The third-order valence-corrected chi connectivity index (χ3v) is 8.05. The first-order chi connectivity index (χ1) is 14.9. The van der Waals surface area contributed by atoms with Crippen molar-refractivity contribution in [3.8, 4) is 5.75 Å². The lowest BCUT2D eigenvalue weighted by molar-refractivity contribution is 0.0690. The molecule has 4 rings (SSSR count). The van der Waals surface area contributed by atoms with Gasteiger partial charge in [-0.1, -0.05) is 58.9 Å². The van der Waals surface area contributed by atoms with E-state index in [0.717, 1.165) is 47.4 Å². The Hall–Kier alpha value is -2.10. The number of aromatic carboxylic acids is 1. The van der Waals surface area contributed by atoms with Gasteiger partial charge in [0.25, 0.3) is 0 Å². The summed E-state index contributed by atoms with van der Waals surface area (Å²) in [5.41, 5.74) is 1.48. The highest BCUT2D eigenvalue weighted by Gasteiger charge is 2.32. The molecule has 2 fully saturated rings. The zero-order valence-electron chi connectivity index (χ0n) is 19.3. The van der Waals surface area contributed by atoms with Crippen molar-refractivity contribution in [2.24, 2.45) is 17.3 Å². The summed E-state index contributed by atoms with van der Waals surface area (Å²) in [4.78, 5) is 16.1. The Kier molecular flexibility index (Phi) is 6.55. The average Bonchev–Trinajstić information content (AvgIpc) is 3.27. The van der Waals surface area contributed by atoms with Crippen LogP contribution in [0.3, 0.4) is 0 Å². The summed E-state index contributed by atoms with van der Waals surface area (Å²) in [7, 11) is 0. The van der Waals surface area contributed by atoms with E-state index in [-0.39, 0.29) is 11.8 Å². The maximum Gasteiger partial charge on any atom is 0.354 e. The number of rotatable bonds is 7. The first-order valence-corrected chi connectivity index (χ1v) is 12.2. The highest BCUT2D eigenvalue weighted by Crippen LogP contribution is 2.41. The molecule has 2 saturated carbocycles. The van der Waals surface area contributed by atoms with Crippen molar-refractivity contribution in [1.82, 2.24) is 4.98 Å². The van der Waals surface area contributed by atoms with Crippen LogP contribution >= 0.6 is 0 Å². The molecule has 168 valence electrons. The number of ether oxygens (including phenoxy) is 1. The standard InChI is InChI=1S/C27H37NO3/c1-4-27(2,3)20-10-13-21(14-11-20)31-22-12-9-19-16-25(26(29)30)28-24(23(19)17-22)15-18-7-5-6-8-18/h9,12,16-18,20-21H,4-8,10-11,13-15H2,1-3H3,(H,29,30)/t20-,21-. The summed E-state index contributed by atoms with van der Waals surface area (Å²) in [6, 6.07) is 7.79. The minimum atomic E-state index is -0.957. The highest BCUT2D eigenvalue weighted by atomic mass is 16.5. The van der Waals surface area contributed by atoms with Crippen LogP contribution in [0, 0.1) is 17.3 Å². The fraction of sp³-hybridized carbons (Fsp3) is 0.630. The smallest absolute Gasteiger partial charge is 0.354 e. The summed E-state index contributed by atoms with van der Waals surface area (Å²) in [5, 5.41) is 11.5. The molecule has 0 aliphatic heterocycles. The number of carboxylic acid groups (broad SMARTS) is 1. The van der Waals surface area contributed by atoms with Gasteiger partial charge in [-0.05, 0) is 72.9 Å². The molecule has 2 aromatic rings. The van der Waals surface area contributed by atoms with Gasteiger partial charge >= 0.3 is 5.97 Å². The van der Waals surface area contributed by atoms with Crippen LogP contribution in [0.1, 0.15) is 94.7 Å². The van der Waals surface area contributed by atoms with E-state index in [9.17, 15) is 9.90 Å². The molecule has 1 aromatic heterocycles. The second-order valence-corrected chi connectivity index (χ2v) is 10.4. The maximum absolute atomic E-state index is 11.6. The molecule has 1 heterocycles. The normalized spacial score (nSPS) is 22.7. The Balaban J connectivity index is 1.53. The quantitative estimate of drug-likeness (QED) is 0.519. The van der Waals surface area contributed by atoms with Gasteiger partial charge in [0.15, 0.2) is 0 Å². The summed E-state index contributed by atoms with van der Waals surface area (Å²) in [6.45, 7) is 7.09. The predicted molar refractivity (Wildman–Crippen MR) is 125 cm³/mol. The van der Waals surface area contributed by atoms with Crippen LogP contribution in [-0.4, -0.2) is 22.2 Å². The van der Waals surface area contributed by atoms with Gasteiger partial charge in [-0.15, -0.1) is 0 Å². The molecule has 0 bridgehead atoms. The van der Waals surface area contributed by atoms with Gasteiger partial charge in [0, 0.05) is 11.1 Å². The number of pyridine rings is 1. The Morgan fingerprint density at radius 2 is 1.81 bits per heavy atom. The van der Waals surface area contributed by atoms with Gasteiger partial charge in [-0.2, -0.15) is 0 Å². The van der Waals surface area contributed by atoms with Gasteiger partial charge in [-0.3, -0.25) is 0 Å². The molecule has 0 amide bonds. The topological polar surface area (TPSA) is 59.4 Å². The van der Waals surface area contributed by atoms with Crippen molar-refractivity contribution < 1.29 is 14.6 Å². The van der Waals surface area contributed by atoms with E-state index < -0.39 is 5.97 Å². The van der Waals surface area contributed by atoms with E-state index in [1.165, 1.54) is 44.9 Å². The van der Waals surface area contributed by atoms with E-state index in [4.69, 9.17) is 4.74 Å². The summed E-state index contributed by atoms with van der Waals surface area (Å²) >= 11 is 0. The predicted octanol–water partition coefficient (Wildman–Crippen LogP) is 7.04. The lowest BCUT2D eigenvalue weighted by atomic mass is 9.69. The molecule has 0 unspecified atom stereocenters. The lowest BCUT2D eigenvalue weighted by Gasteiger charge is -2.38. The van der Waals surface area contributed by atoms with E-state index in [0.29, 0.717) is 11.3 Å². The number of benzene rings is 1. The molecular formula is C27H37NO3.